The summed E-state index contributed by atoms with van der Waals surface area (Å²) in [5.74, 6) is 0. The Balaban J connectivity index is 2.81. The molecule has 2 aromatic rings. The number of hydrogen-bond acceptors (Lipinski definition) is 4. The van der Waals surface area contributed by atoms with Gasteiger partial charge in [0.1, 0.15) is 0 Å². The molecular weight excluding hydrogens is 164 g/mol. The molecule has 0 aliphatic heterocycles. The number of fused-ring (bicyclic) bond motifs is 1. The van der Waals surface area contributed by atoms with Gasteiger partial charge in [-0.15, -0.1) is 0 Å². The summed E-state index contributed by atoms with van der Waals surface area (Å²) in [5, 5.41) is 0. The van der Waals surface area contributed by atoms with Gasteiger partial charge in [0.2, 0.25) is 0 Å². The highest BCUT2D eigenvalue weighted by atomic mass is 15.0. The van der Waals surface area contributed by atoms with Crippen molar-refractivity contribution in [2.45, 2.75) is 20.8 Å². The standard InChI is InChI=1S/C9H10N4/c1-5-4-10-8-9(11-5)13-7(3)6(2)12-8/h4H,1-3H3. The topological polar surface area (TPSA) is 51.6 Å². The largest absolute Gasteiger partial charge is 0.232 e. The maximum Gasteiger partial charge on any atom is 0.198 e. The Bertz CT molecular complexity index is 464. The van der Waals surface area contributed by atoms with Crippen LogP contribution in [0.15, 0.2) is 6.20 Å². The molecule has 0 bridgehead atoms. The van der Waals surface area contributed by atoms with E-state index >= 15 is 0 Å². The minimum absolute atomic E-state index is 0.619. The fourth-order valence-electron chi connectivity index (χ4n) is 1.09. The smallest absolute Gasteiger partial charge is 0.198 e. The van der Waals surface area contributed by atoms with Crippen molar-refractivity contribution in [2.24, 2.45) is 0 Å². The van der Waals surface area contributed by atoms with Gasteiger partial charge in [0, 0.05) is 0 Å². The molecule has 0 N–H and O–H groups in total. The summed E-state index contributed by atoms with van der Waals surface area (Å²) in [5.41, 5.74) is 3.93. The summed E-state index contributed by atoms with van der Waals surface area (Å²) in [6, 6.07) is 0. The third-order valence-electron chi connectivity index (χ3n) is 1.93. The monoisotopic (exact) mass is 174 g/mol. The van der Waals surface area contributed by atoms with E-state index in [9.17, 15) is 0 Å². The maximum atomic E-state index is 4.30. The van der Waals surface area contributed by atoms with Crippen LogP contribution in [0.25, 0.3) is 11.3 Å². The molecule has 0 atom stereocenters. The van der Waals surface area contributed by atoms with Gasteiger partial charge in [0.05, 0.1) is 23.3 Å². The summed E-state index contributed by atoms with van der Waals surface area (Å²) < 4.78 is 0. The number of nitrogens with zero attached hydrogens (tertiary/aromatic N) is 4. The molecule has 0 unspecified atom stereocenters. The van der Waals surface area contributed by atoms with E-state index in [2.05, 4.69) is 19.9 Å². The molecule has 4 nitrogen and oxygen atoms in total. The second-order valence-corrected chi connectivity index (χ2v) is 3.05. The molecule has 2 aromatic heterocycles. The zero-order valence-corrected chi connectivity index (χ0v) is 7.87. The Morgan fingerprint density at radius 2 is 1.46 bits per heavy atom. The van der Waals surface area contributed by atoms with Gasteiger partial charge in [0.15, 0.2) is 11.3 Å². The van der Waals surface area contributed by atoms with Crippen LogP contribution in [0.2, 0.25) is 0 Å². The van der Waals surface area contributed by atoms with Crippen LogP contribution in [0, 0.1) is 20.8 Å². The second-order valence-electron chi connectivity index (χ2n) is 3.05. The quantitative estimate of drug-likeness (QED) is 0.604. The predicted molar refractivity (Wildman–Crippen MR) is 49.3 cm³/mol. The lowest BCUT2D eigenvalue weighted by atomic mass is 10.3. The predicted octanol–water partition coefficient (Wildman–Crippen LogP) is 1.35. The van der Waals surface area contributed by atoms with Crippen LogP contribution in [0.5, 0.6) is 0 Å². The van der Waals surface area contributed by atoms with Crippen LogP contribution in [0.4, 0.5) is 0 Å². The molecule has 2 rings (SSSR count). The van der Waals surface area contributed by atoms with Gasteiger partial charge < -0.3 is 0 Å². The second kappa shape index (κ2) is 2.73. The van der Waals surface area contributed by atoms with Crippen molar-refractivity contribution >= 4 is 11.3 Å². The first kappa shape index (κ1) is 8.04. The fourth-order valence-corrected chi connectivity index (χ4v) is 1.09. The summed E-state index contributed by atoms with van der Waals surface area (Å²) in [7, 11) is 0. The van der Waals surface area contributed by atoms with Crippen molar-refractivity contribution in [3.05, 3.63) is 23.3 Å². The lowest BCUT2D eigenvalue weighted by Gasteiger charge is -2.00. The van der Waals surface area contributed by atoms with E-state index in [1.165, 1.54) is 0 Å². The Kier molecular flexibility index (Phi) is 1.69. The zero-order valence-electron chi connectivity index (χ0n) is 7.87. The third kappa shape index (κ3) is 1.35. The van der Waals surface area contributed by atoms with E-state index in [1.807, 2.05) is 20.8 Å². The highest BCUT2D eigenvalue weighted by molar-refractivity contribution is 5.64. The van der Waals surface area contributed by atoms with E-state index in [0.29, 0.717) is 11.3 Å². The Morgan fingerprint density at radius 3 is 2.15 bits per heavy atom. The molecule has 66 valence electrons. The summed E-state index contributed by atoms with van der Waals surface area (Å²) >= 11 is 0. The van der Waals surface area contributed by atoms with Crippen molar-refractivity contribution in [3.8, 4) is 0 Å². The molecule has 0 spiro atoms. The molecule has 0 saturated heterocycles. The molecular formula is C9H10N4. The molecule has 13 heavy (non-hydrogen) atoms. The van der Waals surface area contributed by atoms with Gasteiger partial charge in [-0.3, -0.25) is 0 Å². The normalized spacial score (nSPS) is 10.7. The number of rotatable bonds is 0. The van der Waals surface area contributed by atoms with Crippen molar-refractivity contribution in [1.29, 1.82) is 0 Å². The Hall–Kier alpha value is -1.58. The first-order valence-electron chi connectivity index (χ1n) is 4.11. The lowest BCUT2D eigenvalue weighted by molar-refractivity contribution is 1.03. The third-order valence-corrected chi connectivity index (χ3v) is 1.93. The van der Waals surface area contributed by atoms with Crippen molar-refractivity contribution < 1.29 is 0 Å². The molecule has 0 aliphatic rings. The van der Waals surface area contributed by atoms with Crippen LogP contribution in [0.3, 0.4) is 0 Å². The van der Waals surface area contributed by atoms with Gasteiger partial charge in [-0.1, -0.05) is 0 Å². The van der Waals surface area contributed by atoms with E-state index in [1.54, 1.807) is 6.20 Å². The van der Waals surface area contributed by atoms with Crippen LogP contribution in [0.1, 0.15) is 17.1 Å². The number of aryl methyl sites for hydroxylation is 3. The maximum absolute atomic E-state index is 4.30. The van der Waals surface area contributed by atoms with Crippen molar-refractivity contribution in [1.82, 2.24) is 19.9 Å². The molecule has 0 saturated carbocycles. The first-order chi connectivity index (χ1) is 6.16. The molecule has 0 aromatic carbocycles. The highest BCUT2D eigenvalue weighted by Crippen LogP contribution is 2.07. The fraction of sp³-hybridized carbons (Fsp3) is 0.333. The SMILES string of the molecule is Cc1cnc2nc(C)c(C)nc2n1. The molecule has 4 heteroatoms. The minimum Gasteiger partial charge on any atom is -0.232 e. The lowest BCUT2D eigenvalue weighted by Crippen LogP contribution is -1.98. The summed E-state index contributed by atoms with van der Waals surface area (Å²) in [6.07, 6.45) is 1.70. The van der Waals surface area contributed by atoms with Crippen molar-refractivity contribution in [2.75, 3.05) is 0 Å². The van der Waals surface area contributed by atoms with Gasteiger partial charge in [-0.05, 0) is 20.8 Å². The average Bonchev–Trinajstić information content (AvgIpc) is 2.08. The zero-order chi connectivity index (χ0) is 9.42. The first-order valence-corrected chi connectivity index (χ1v) is 4.11. The number of hydrogen-bond donors (Lipinski definition) is 0. The average molecular weight is 174 g/mol. The molecule has 0 amide bonds. The Morgan fingerprint density at radius 1 is 0.846 bits per heavy atom. The van der Waals surface area contributed by atoms with Crippen LogP contribution in [-0.2, 0) is 0 Å². The minimum atomic E-state index is 0.619. The van der Waals surface area contributed by atoms with Gasteiger partial charge in [-0.25, -0.2) is 19.9 Å². The summed E-state index contributed by atoms with van der Waals surface area (Å²) in [4.78, 5) is 17.0. The number of aromatic nitrogens is 4. The molecule has 2 heterocycles. The summed E-state index contributed by atoms with van der Waals surface area (Å²) in [6.45, 7) is 5.73. The van der Waals surface area contributed by atoms with E-state index in [4.69, 9.17) is 0 Å². The van der Waals surface area contributed by atoms with Crippen molar-refractivity contribution in [3.63, 3.8) is 0 Å². The molecule has 0 aliphatic carbocycles. The molecule has 0 radical (unpaired) electrons. The van der Waals surface area contributed by atoms with E-state index < -0.39 is 0 Å². The molecule has 0 fully saturated rings. The van der Waals surface area contributed by atoms with E-state index in [-0.39, 0.29) is 0 Å². The van der Waals surface area contributed by atoms with Crippen LogP contribution < -0.4 is 0 Å². The van der Waals surface area contributed by atoms with Gasteiger partial charge >= 0.3 is 0 Å². The van der Waals surface area contributed by atoms with Crippen LogP contribution in [-0.4, -0.2) is 19.9 Å². The van der Waals surface area contributed by atoms with E-state index in [0.717, 1.165) is 17.1 Å². The Labute approximate surface area is 76.1 Å². The van der Waals surface area contributed by atoms with Gasteiger partial charge in [0.25, 0.3) is 0 Å². The van der Waals surface area contributed by atoms with Crippen LogP contribution >= 0.6 is 0 Å². The van der Waals surface area contributed by atoms with Gasteiger partial charge in [-0.2, -0.15) is 0 Å². The highest BCUT2D eigenvalue weighted by Gasteiger charge is 2.02.